The summed E-state index contributed by atoms with van der Waals surface area (Å²) in [7, 11) is 0. The molecule has 8 nitrogen and oxygen atoms in total. The average Bonchev–Trinajstić information content (AvgIpc) is 3.64. The van der Waals surface area contributed by atoms with Crippen LogP contribution in [0.2, 0.25) is 0 Å². The van der Waals surface area contributed by atoms with Gasteiger partial charge in [-0.1, -0.05) is 18.9 Å². The zero-order valence-corrected chi connectivity index (χ0v) is 19.5. The molecule has 3 fully saturated rings. The molecule has 6 rings (SSSR count). The summed E-state index contributed by atoms with van der Waals surface area (Å²) in [6, 6.07) is 7.54. The molecule has 8 heteroatoms. The maximum absolute atomic E-state index is 13.4. The van der Waals surface area contributed by atoms with Crippen molar-refractivity contribution in [2.45, 2.75) is 57.9 Å². The monoisotopic (exact) mass is 461 g/mol. The molecule has 0 unspecified atom stereocenters. The molecule has 2 aliphatic heterocycles. The van der Waals surface area contributed by atoms with Gasteiger partial charge in [0.05, 0.1) is 0 Å². The van der Waals surface area contributed by atoms with Crippen molar-refractivity contribution in [2.24, 2.45) is 5.41 Å². The smallest absolute Gasteiger partial charge is 0.290 e. The van der Waals surface area contributed by atoms with Crippen molar-refractivity contribution in [1.82, 2.24) is 14.8 Å². The van der Waals surface area contributed by atoms with E-state index in [0.29, 0.717) is 16.7 Å². The molecular weight excluding hydrogens is 430 g/mol. The lowest BCUT2D eigenvalue weighted by molar-refractivity contribution is -0.119. The van der Waals surface area contributed by atoms with E-state index in [0.717, 1.165) is 55.9 Å². The first-order chi connectivity index (χ1) is 16.6. The normalized spacial score (nSPS) is 19.6. The van der Waals surface area contributed by atoms with Crippen LogP contribution in [-0.2, 0) is 17.8 Å². The Hall–Kier alpha value is -3.16. The van der Waals surface area contributed by atoms with Gasteiger partial charge in [0.15, 0.2) is 23.6 Å². The number of ketones is 1. The van der Waals surface area contributed by atoms with Crippen molar-refractivity contribution in [3.05, 3.63) is 46.6 Å². The van der Waals surface area contributed by atoms with Crippen LogP contribution in [0.3, 0.4) is 0 Å². The Morgan fingerprint density at radius 2 is 1.82 bits per heavy atom. The van der Waals surface area contributed by atoms with Crippen LogP contribution in [0.5, 0.6) is 0 Å². The van der Waals surface area contributed by atoms with E-state index in [2.05, 4.69) is 14.8 Å². The van der Waals surface area contributed by atoms with Crippen LogP contribution in [-0.4, -0.2) is 46.7 Å². The maximum atomic E-state index is 13.4. The van der Waals surface area contributed by atoms with Gasteiger partial charge < -0.3 is 14.2 Å². The summed E-state index contributed by atoms with van der Waals surface area (Å²) in [5, 5.41) is 4.72. The molecule has 3 aliphatic rings. The first-order valence-electron chi connectivity index (χ1n) is 12.5. The van der Waals surface area contributed by atoms with E-state index in [4.69, 9.17) is 9.52 Å². The van der Waals surface area contributed by atoms with Gasteiger partial charge in [-0.25, -0.2) is 9.67 Å². The molecule has 1 spiro atoms. The average molecular weight is 462 g/mol. The lowest BCUT2D eigenvalue weighted by Crippen LogP contribution is -2.36. The molecule has 0 amide bonds. The first kappa shape index (κ1) is 21.4. The van der Waals surface area contributed by atoms with E-state index >= 15 is 0 Å². The SMILES string of the molecule is O=C(Cc1ccc2ocnc2c1)Cn1nc(N2CCC3(CCCC3)C2)cc(N2CCCC2)c1=O. The van der Waals surface area contributed by atoms with E-state index in [1.807, 2.05) is 24.3 Å². The third-order valence-corrected chi connectivity index (χ3v) is 7.94. The second-order valence-corrected chi connectivity index (χ2v) is 10.3. The Morgan fingerprint density at radius 1 is 1.00 bits per heavy atom. The first-order valence-corrected chi connectivity index (χ1v) is 12.5. The van der Waals surface area contributed by atoms with Gasteiger partial charge in [-0.15, -0.1) is 0 Å². The summed E-state index contributed by atoms with van der Waals surface area (Å²) >= 11 is 0. The largest absolute Gasteiger partial charge is 0.443 e. The van der Waals surface area contributed by atoms with Crippen LogP contribution in [0.1, 0.15) is 50.5 Å². The predicted octanol–water partition coefficient (Wildman–Crippen LogP) is 3.57. The van der Waals surface area contributed by atoms with Gasteiger partial charge in [-0.05, 0) is 55.2 Å². The Bertz CT molecular complexity index is 1270. The molecule has 2 aromatic heterocycles. The lowest BCUT2D eigenvalue weighted by Gasteiger charge is -2.26. The number of benzene rings is 1. The van der Waals surface area contributed by atoms with Crippen LogP contribution in [0, 0.1) is 5.41 Å². The van der Waals surface area contributed by atoms with Crippen molar-refractivity contribution in [1.29, 1.82) is 0 Å². The molecule has 4 heterocycles. The predicted molar refractivity (Wildman–Crippen MR) is 130 cm³/mol. The second kappa shape index (κ2) is 8.56. The van der Waals surface area contributed by atoms with Gasteiger partial charge in [0.2, 0.25) is 0 Å². The summed E-state index contributed by atoms with van der Waals surface area (Å²) in [5.74, 6) is 0.790. The summed E-state index contributed by atoms with van der Waals surface area (Å²) < 4.78 is 6.69. The summed E-state index contributed by atoms with van der Waals surface area (Å²) in [4.78, 5) is 35.0. The molecule has 0 bridgehead atoms. The van der Waals surface area contributed by atoms with Crippen molar-refractivity contribution in [2.75, 3.05) is 36.0 Å². The fourth-order valence-corrected chi connectivity index (χ4v) is 6.09. The highest BCUT2D eigenvalue weighted by atomic mass is 16.3. The third kappa shape index (κ3) is 3.99. The van der Waals surface area contributed by atoms with E-state index in [9.17, 15) is 9.59 Å². The van der Waals surface area contributed by atoms with Crippen molar-refractivity contribution in [3.8, 4) is 0 Å². The number of aromatic nitrogens is 3. The number of carbonyl (C=O) groups excluding carboxylic acids is 1. The van der Waals surface area contributed by atoms with Crippen LogP contribution in [0.15, 0.2) is 39.9 Å². The summed E-state index contributed by atoms with van der Waals surface area (Å²) in [6.07, 6.45) is 10.2. The Kier molecular flexibility index (Phi) is 5.38. The Balaban J connectivity index is 1.27. The topological polar surface area (TPSA) is 84.5 Å². The van der Waals surface area contributed by atoms with Crippen LogP contribution >= 0.6 is 0 Å². The van der Waals surface area contributed by atoms with Gasteiger partial charge >= 0.3 is 0 Å². The zero-order chi connectivity index (χ0) is 23.1. The van der Waals surface area contributed by atoms with Crippen LogP contribution in [0.25, 0.3) is 11.1 Å². The van der Waals surface area contributed by atoms with Crippen LogP contribution < -0.4 is 15.4 Å². The number of nitrogens with zero attached hydrogens (tertiary/aromatic N) is 5. The number of anilines is 2. The highest BCUT2D eigenvalue weighted by molar-refractivity contribution is 5.82. The molecule has 1 aromatic carbocycles. The Labute approximate surface area is 198 Å². The number of Topliss-reactive ketones (excluding diaryl/α,β-unsaturated/α-hetero) is 1. The van der Waals surface area contributed by atoms with Gasteiger partial charge in [0.25, 0.3) is 5.56 Å². The number of hydrogen-bond acceptors (Lipinski definition) is 7. The quantitative estimate of drug-likeness (QED) is 0.555. The van der Waals surface area contributed by atoms with E-state index in [1.54, 1.807) is 0 Å². The number of fused-ring (bicyclic) bond motifs is 1. The van der Waals surface area contributed by atoms with Crippen molar-refractivity contribution in [3.63, 3.8) is 0 Å². The van der Waals surface area contributed by atoms with E-state index in [1.165, 1.54) is 43.2 Å². The van der Waals surface area contributed by atoms with Crippen molar-refractivity contribution < 1.29 is 9.21 Å². The van der Waals surface area contributed by atoms with Crippen LogP contribution in [0.4, 0.5) is 11.5 Å². The number of carbonyl (C=O) groups is 1. The number of hydrogen-bond donors (Lipinski definition) is 0. The summed E-state index contributed by atoms with van der Waals surface area (Å²) in [6.45, 7) is 3.71. The fourth-order valence-electron chi connectivity index (χ4n) is 6.09. The molecule has 34 heavy (non-hydrogen) atoms. The second-order valence-electron chi connectivity index (χ2n) is 10.3. The van der Waals surface area contributed by atoms with Gasteiger partial charge in [-0.3, -0.25) is 9.59 Å². The number of oxazole rings is 1. The minimum Gasteiger partial charge on any atom is -0.443 e. The number of rotatable bonds is 6. The maximum Gasteiger partial charge on any atom is 0.290 e. The third-order valence-electron chi connectivity index (χ3n) is 7.94. The molecule has 0 radical (unpaired) electrons. The molecule has 1 saturated carbocycles. The fraction of sp³-hybridized carbons (Fsp3) is 0.538. The lowest BCUT2D eigenvalue weighted by atomic mass is 9.86. The molecule has 3 aromatic rings. The minimum absolute atomic E-state index is 0.0245. The standard InChI is InChI=1S/C26H31N5O3/c32-20(13-19-5-6-23-21(14-19)27-18-34-23)16-31-25(33)22(29-10-3-4-11-29)15-24(28-31)30-12-9-26(17-30)7-1-2-8-26/h5-6,14-15,18H,1-4,7-13,16-17H2. The molecule has 2 saturated heterocycles. The van der Waals surface area contributed by atoms with Crippen molar-refractivity contribution >= 4 is 28.4 Å². The summed E-state index contributed by atoms with van der Waals surface area (Å²) in [5.41, 5.74) is 3.22. The Morgan fingerprint density at radius 3 is 2.65 bits per heavy atom. The highest BCUT2D eigenvalue weighted by Gasteiger charge is 2.41. The van der Waals surface area contributed by atoms with Gasteiger partial charge in [0, 0.05) is 38.7 Å². The molecule has 0 atom stereocenters. The molecular formula is C26H31N5O3. The molecule has 1 aliphatic carbocycles. The van der Waals surface area contributed by atoms with E-state index < -0.39 is 0 Å². The van der Waals surface area contributed by atoms with Gasteiger partial charge in [-0.2, -0.15) is 5.10 Å². The molecule has 0 N–H and O–H groups in total. The zero-order valence-electron chi connectivity index (χ0n) is 19.5. The minimum atomic E-state index is -0.166. The van der Waals surface area contributed by atoms with Gasteiger partial charge in [0.1, 0.15) is 17.7 Å². The highest BCUT2D eigenvalue weighted by Crippen LogP contribution is 2.46. The molecule has 178 valence electrons. The van der Waals surface area contributed by atoms with E-state index in [-0.39, 0.29) is 24.3 Å².